The Morgan fingerprint density at radius 2 is 1.38 bits per heavy atom. The van der Waals surface area contributed by atoms with E-state index in [1.807, 2.05) is 27.7 Å². The van der Waals surface area contributed by atoms with E-state index in [0.717, 1.165) is 25.7 Å². The number of sulfonamides is 1. The van der Waals surface area contributed by atoms with Crippen LogP contribution in [0.15, 0.2) is 0 Å². The molecule has 16 heavy (non-hydrogen) atoms. The normalized spacial score (nSPS) is 19.9. The topological polar surface area (TPSA) is 37.4 Å². The molecular formula is C12H25NO2S. The lowest BCUT2D eigenvalue weighted by atomic mass is 10.0. The van der Waals surface area contributed by atoms with Crippen LogP contribution in [0.5, 0.6) is 0 Å². The minimum absolute atomic E-state index is 0.0620. The summed E-state index contributed by atoms with van der Waals surface area (Å²) in [6.07, 6.45) is 5.01. The van der Waals surface area contributed by atoms with Crippen LogP contribution in [-0.2, 0) is 10.0 Å². The molecule has 0 saturated heterocycles. The molecule has 0 aliphatic heterocycles. The summed E-state index contributed by atoms with van der Waals surface area (Å²) in [7, 11) is -3.09. The van der Waals surface area contributed by atoms with Crippen LogP contribution in [0.2, 0.25) is 0 Å². The Balaban J connectivity index is 2.88. The van der Waals surface area contributed by atoms with E-state index < -0.39 is 10.0 Å². The van der Waals surface area contributed by atoms with Gasteiger partial charge in [0.1, 0.15) is 0 Å². The number of hydrogen-bond donors (Lipinski definition) is 0. The first-order valence-electron chi connectivity index (χ1n) is 6.39. The third kappa shape index (κ3) is 2.98. The highest BCUT2D eigenvalue weighted by atomic mass is 32.2. The Bertz CT molecular complexity index is 295. The van der Waals surface area contributed by atoms with Crippen molar-refractivity contribution >= 4 is 10.0 Å². The van der Waals surface area contributed by atoms with Crippen LogP contribution in [0, 0.1) is 0 Å². The minimum Gasteiger partial charge on any atom is -0.212 e. The fraction of sp³-hybridized carbons (Fsp3) is 1.00. The predicted molar refractivity (Wildman–Crippen MR) is 67.9 cm³/mol. The zero-order valence-electron chi connectivity index (χ0n) is 10.9. The van der Waals surface area contributed by atoms with Crippen LogP contribution in [0.3, 0.4) is 0 Å². The van der Waals surface area contributed by atoms with Gasteiger partial charge < -0.3 is 0 Å². The van der Waals surface area contributed by atoms with Crippen molar-refractivity contribution in [2.45, 2.75) is 77.1 Å². The maximum Gasteiger partial charge on any atom is 0.217 e. The summed E-state index contributed by atoms with van der Waals surface area (Å²) in [5.74, 6) is 0. The Hall–Kier alpha value is -0.0900. The van der Waals surface area contributed by atoms with Crippen molar-refractivity contribution in [3.8, 4) is 0 Å². The van der Waals surface area contributed by atoms with Crippen LogP contribution in [0.4, 0.5) is 0 Å². The molecular weight excluding hydrogens is 222 g/mol. The first-order chi connectivity index (χ1) is 7.37. The lowest BCUT2D eigenvalue weighted by molar-refractivity contribution is 0.293. The summed E-state index contributed by atoms with van der Waals surface area (Å²) in [5.41, 5.74) is 0. The van der Waals surface area contributed by atoms with Crippen molar-refractivity contribution in [2.24, 2.45) is 0 Å². The van der Waals surface area contributed by atoms with Crippen molar-refractivity contribution in [3.63, 3.8) is 0 Å². The minimum atomic E-state index is -3.09. The number of nitrogens with zero attached hydrogens (tertiary/aromatic N) is 1. The highest BCUT2D eigenvalue weighted by Gasteiger charge is 2.35. The monoisotopic (exact) mass is 247 g/mol. The van der Waals surface area contributed by atoms with Crippen LogP contribution >= 0.6 is 0 Å². The highest BCUT2D eigenvalue weighted by molar-refractivity contribution is 7.89. The smallest absolute Gasteiger partial charge is 0.212 e. The Labute approximate surface area is 100 Å². The largest absolute Gasteiger partial charge is 0.217 e. The standard InChI is InChI=1S/C12H25NO2S/c1-10(2)13(11(3)4)16(14,15)12-8-6-5-7-9-12/h10-12H,5-9H2,1-4H3. The fourth-order valence-corrected chi connectivity index (χ4v) is 5.17. The molecule has 1 saturated carbocycles. The maximum absolute atomic E-state index is 12.5. The van der Waals surface area contributed by atoms with Gasteiger partial charge in [0, 0.05) is 12.1 Å². The van der Waals surface area contributed by atoms with E-state index in [-0.39, 0.29) is 17.3 Å². The van der Waals surface area contributed by atoms with E-state index in [9.17, 15) is 8.42 Å². The first-order valence-corrected chi connectivity index (χ1v) is 7.90. The second-order valence-electron chi connectivity index (χ2n) is 5.32. The highest BCUT2D eigenvalue weighted by Crippen LogP contribution is 2.28. The van der Waals surface area contributed by atoms with E-state index in [2.05, 4.69) is 0 Å². The molecule has 0 aromatic rings. The zero-order chi connectivity index (χ0) is 12.3. The summed E-state index contributed by atoms with van der Waals surface area (Å²) in [6, 6.07) is 0.124. The molecule has 0 radical (unpaired) electrons. The van der Waals surface area contributed by atoms with Gasteiger partial charge >= 0.3 is 0 Å². The van der Waals surface area contributed by atoms with Gasteiger partial charge in [-0.1, -0.05) is 19.3 Å². The molecule has 0 aromatic heterocycles. The number of rotatable bonds is 4. The van der Waals surface area contributed by atoms with E-state index in [4.69, 9.17) is 0 Å². The van der Waals surface area contributed by atoms with Crippen molar-refractivity contribution in [1.82, 2.24) is 4.31 Å². The molecule has 4 heteroatoms. The van der Waals surface area contributed by atoms with Gasteiger partial charge in [0.05, 0.1) is 5.25 Å². The summed E-state index contributed by atoms with van der Waals surface area (Å²) in [5, 5.41) is -0.133. The lowest BCUT2D eigenvalue weighted by Gasteiger charge is -2.34. The molecule has 0 bridgehead atoms. The molecule has 1 aliphatic rings. The molecule has 0 amide bonds. The Morgan fingerprint density at radius 1 is 0.938 bits per heavy atom. The van der Waals surface area contributed by atoms with E-state index in [1.165, 1.54) is 6.42 Å². The second kappa shape index (κ2) is 5.50. The Morgan fingerprint density at radius 3 is 1.75 bits per heavy atom. The zero-order valence-corrected chi connectivity index (χ0v) is 11.8. The SMILES string of the molecule is CC(C)N(C(C)C)S(=O)(=O)C1CCCCC1. The van der Waals surface area contributed by atoms with Crippen LogP contribution in [-0.4, -0.2) is 30.1 Å². The van der Waals surface area contributed by atoms with Crippen molar-refractivity contribution < 1.29 is 8.42 Å². The van der Waals surface area contributed by atoms with Crippen LogP contribution < -0.4 is 0 Å². The maximum atomic E-state index is 12.5. The van der Waals surface area contributed by atoms with Crippen molar-refractivity contribution in [2.75, 3.05) is 0 Å². The molecule has 0 atom stereocenters. The van der Waals surface area contributed by atoms with Crippen molar-refractivity contribution in [3.05, 3.63) is 0 Å². The average Bonchev–Trinajstić information content (AvgIpc) is 2.17. The fourth-order valence-electron chi connectivity index (χ4n) is 2.72. The summed E-state index contributed by atoms with van der Waals surface area (Å²) in [6.45, 7) is 7.83. The van der Waals surface area contributed by atoms with E-state index in [1.54, 1.807) is 4.31 Å². The van der Waals surface area contributed by atoms with Crippen LogP contribution in [0.25, 0.3) is 0 Å². The van der Waals surface area contributed by atoms with Gasteiger partial charge in [-0.2, -0.15) is 4.31 Å². The third-order valence-corrected chi connectivity index (χ3v) is 6.03. The van der Waals surface area contributed by atoms with Gasteiger partial charge in [0.25, 0.3) is 0 Å². The van der Waals surface area contributed by atoms with Gasteiger partial charge in [-0.05, 0) is 40.5 Å². The molecule has 0 aromatic carbocycles. The molecule has 0 spiro atoms. The van der Waals surface area contributed by atoms with E-state index >= 15 is 0 Å². The molecule has 0 unspecified atom stereocenters. The molecule has 96 valence electrons. The molecule has 1 rings (SSSR count). The third-order valence-electron chi connectivity index (χ3n) is 3.29. The first kappa shape index (κ1) is 14.0. The van der Waals surface area contributed by atoms with E-state index in [0.29, 0.717) is 0 Å². The van der Waals surface area contributed by atoms with Gasteiger partial charge in [0.2, 0.25) is 10.0 Å². The second-order valence-corrected chi connectivity index (χ2v) is 7.44. The Kier molecular flexibility index (Phi) is 4.80. The van der Waals surface area contributed by atoms with Gasteiger partial charge in [0.15, 0.2) is 0 Å². The quantitative estimate of drug-likeness (QED) is 0.766. The predicted octanol–water partition coefficient (Wildman–Crippen LogP) is 2.77. The molecule has 0 heterocycles. The summed E-state index contributed by atoms with van der Waals surface area (Å²) in [4.78, 5) is 0. The number of hydrogen-bond acceptors (Lipinski definition) is 2. The van der Waals surface area contributed by atoms with Crippen LogP contribution in [0.1, 0.15) is 59.8 Å². The van der Waals surface area contributed by atoms with Gasteiger partial charge in [-0.3, -0.25) is 0 Å². The molecule has 1 fully saturated rings. The average molecular weight is 247 g/mol. The lowest BCUT2D eigenvalue weighted by Crippen LogP contribution is -2.47. The molecule has 1 aliphatic carbocycles. The van der Waals surface area contributed by atoms with Crippen molar-refractivity contribution in [1.29, 1.82) is 0 Å². The van der Waals surface area contributed by atoms with Gasteiger partial charge in [-0.15, -0.1) is 0 Å². The summed E-state index contributed by atoms with van der Waals surface area (Å²) >= 11 is 0. The summed E-state index contributed by atoms with van der Waals surface area (Å²) < 4.78 is 26.7. The van der Waals surface area contributed by atoms with Gasteiger partial charge in [-0.25, -0.2) is 8.42 Å². The molecule has 3 nitrogen and oxygen atoms in total. The molecule has 0 N–H and O–H groups in total.